The molecule has 0 aliphatic carbocycles. The Hall–Kier alpha value is -2.76. The van der Waals surface area contributed by atoms with E-state index in [1.807, 2.05) is 6.92 Å². The number of hydrogen-bond donors (Lipinski definition) is 0. The first-order chi connectivity index (χ1) is 9.49. The van der Waals surface area contributed by atoms with Crippen LogP contribution in [0.4, 0.5) is 5.69 Å². The molecule has 0 aliphatic rings. The van der Waals surface area contributed by atoms with Gasteiger partial charge in [0, 0.05) is 42.2 Å². The van der Waals surface area contributed by atoms with Crippen LogP contribution in [0.5, 0.6) is 0 Å². The van der Waals surface area contributed by atoms with Crippen molar-refractivity contribution in [3.8, 4) is 0 Å². The predicted octanol–water partition coefficient (Wildman–Crippen LogP) is 3.07. The Kier molecular flexibility index (Phi) is 2.53. The summed E-state index contributed by atoms with van der Waals surface area (Å²) in [6.07, 6.45) is 3.41. The molecular formula is C14H11N3O3. The zero-order chi connectivity index (χ0) is 14.4. The third kappa shape index (κ3) is 1.65. The molecule has 0 saturated heterocycles. The number of benzene rings is 1. The van der Waals surface area contributed by atoms with Gasteiger partial charge < -0.3 is 0 Å². The molecule has 6 heteroatoms. The van der Waals surface area contributed by atoms with Crippen LogP contribution in [0.2, 0.25) is 0 Å². The molecule has 3 rings (SSSR count). The summed E-state index contributed by atoms with van der Waals surface area (Å²) in [5.41, 5.74) is 2.19. The molecule has 0 saturated carbocycles. The summed E-state index contributed by atoms with van der Waals surface area (Å²) in [4.78, 5) is 26.3. The van der Waals surface area contributed by atoms with Crippen molar-refractivity contribution >= 4 is 33.4 Å². The van der Waals surface area contributed by atoms with E-state index in [1.165, 1.54) is 19.1 Å². The van der Waals surface area contributed by atoms with Gasteiger partial charge in [-0.25, -0.2) is 0 Å². The highest BCUT2D eigenvalue weighted by Gasteiger charge is 2.14. The molecule has 0 spiro atoms. The molecule has 0 radical (unpaired) electrons. The molecule has 0 aliphatic heterocycles. The molecule has 3 aromatic rings. The third-order valence-corrected chi connectivity index (χ3v) is 3.36. The highest BCUT2D eigenvalue weighted by atomic mass is 16.6. The van der Waals surface area contributed by atoms with Gasteiger partial charge in [0.1, 0.15) is 0 Å². The van der Waals surface area contributed by atoms with Crippen molar-refractivity contribution in [2.75, 3.05) is 0 Å². The second-order valence-electron chi connectivity index (χ2n) is 4.68. The Balaban J connectivity index is 2.46. The van der Waals surface area contributed by atoms with Crippen LogP contribution < -0.4 is 0 Å². The molecule has 2 heterocycles. The fourth-order valence-electron chi connectivity index (χ4n) is 2.41. The minimum absolute atomic E-state index is 0.0120. The van der Waals surface area contributed by atoms with Crippen molar-refractivity contribution in [3.05, 3.63) is 46.3 Å². The fourth-order valence-corrected chi connectivity index (χ4v) is 2.41. The zero-order valence-electron chi connectivity index (χ0n) is 11.0. The van der Waals surface area contributed by atoms with Crippen LogP contribution in [0.1, 0.15) is 17.3 Å². The van der Waals surface area contributed by atoms with E-state index in [1.54, 1.807) is 23.0 Å². The lowest BCUT2D eigenvalue weighted by atomic mass is 10.1. The number of carbonyl (C=O) groups is 1. The number of pyridine rings is 1. The maximum atomic E-state index is 11.7. The predicted molar refractivity (Wildman–Crippen MR) is 74.9 cm³/mol. The first-order valence-corrected chi connectivity index (χ1v) is 6.05. The summed E-state index contributed by atoms with van der Waals surface area (Å²) < 4.78 is 1.56. The van der Waals surface area contributed by atoms with Crippen LogP contribution in [0.15, 0.2) is 30.6 Å². The Morgan fingerprint density at radius 2 is 2.10 bits per heavy atom. The van der Waals surface area contributed by atoms with Crippen LogP contribution in [0.3, 0.4) is 0 Å². The van der Waals surface area contributed by atoms with Gasteiger partial charge in [-0.2, -0.15) is 0 Å². The van der Waals surface area contributed by atoms with E-state index in [0.717, 1.165) is 21.9 Å². The quantitative estimate of drug-likeness (QED) is 0.502. The summed E-state index contributed by atoms with van der Waals surface area (Å²) in [6, 6.07) is 4.49. The Bertz CT molecular complexity index is 880. The molecule has 0 amide bonds. The SMILES string of the molecule is CC(=O)n1cc(C)c2cnc3cc([N+](=O)[O-])ccc3c21. The number of aryl methyl sites for hydroxylation is 1. The van der Waals surface area contributed by atoms with Crippen LogP contribution in [-0.4, -0.2) is 20.4 Å². The minimum atomic E-state index is -0.458. The van der Waals surface area contributed by atoms with Crippen molar-refractivity contribution in [1.29, 1.82) is 0 Å². The van der Waals surface area contributed by atoms with E-state index in [2.05, 4.69) is 4.98 Å². The van der Waals surface area contributed by atoms with Crippen molar-refractivity contribution in [2.45, 2.75) is 13.8 Å². The topological polar surface area (TPSA) is 78.0 Å². The van der Waals surface area contributed by atoms with E-state index >= 15 is 0 Å². The number of nitro benzene ring substituents is 1. The highest BCUT2D eigenvalue weighted by molar-refractivity contribution is 6.08. The monoisotopic (exact) mass is 269 g/mol. The summed E-state index contributed by atoms with van der Waals surface area (Å²) in [6.45, 7) is 3.39. The third-order valence-electron chi connectivity index (χ3n) is 3.36. The van der Waals surface area contributed by atoms with Gasteiger partial charge in [-0.1, -0.05) is 0 Å². The van der Waals surface area contributed by atoms with Crippen molar-refractivity contribution < 1.29 is 9.72 Å². The summed E-state index contributed by atoms with van der Waals surface area (Å²) in [5.74, 6) is -0.103. The average Bonchev–Trinajstić information content (AvgIpc) is 2.76. The van der Waals surface area contributed by atoms with Crippen LogP contribution >= 0.6 is 0 Å². The van der Waals surface area contributed by atoms with E-state index in [4.69, 9.17) is 0 Å². The molecule has 2 aromatic heterocycles. The molecule has 0 unspecified atom stereocenters. The van der Waals surface area contributed by atoms with Crippen LogP contribution in [-0.2, 0) is 0 Å². The Morgan fingerprint density at radius 3 is 2.75 bits per heavy atom. The summed E-state index contributed by atoms with van der Waals surface area (Å²) >= 11 is 0. The maximum absolute atomic E-state index is 11.7. The van der Waals surface area contributed by atoms with Crippen molar-refractivity contribution in [2.24, 2.45) is 0 Å². The van der Waals surface area contributed by atoms with Crippen LogP contribution in [0, 0.1) is 17.0 Å². The van der Waals surface area contributed by atoms with Gasteiger partial charge in [-0.05, 0) is 18.6 Å². The molecule has 6 nitrogen and oxygen atoms in total. The number of aromatic nitrogens is 2. The van der Waals surface area contributed by atoms with E-state index in [9.17, 15) is 14.9 Å². The molecule has 0 N–H and O–H groups in total. The highest BCUT2D eigenvalue weighted by Crippen LogP contribution is 2.29. The number of nitro groups is 1. The molecule has 1 aromatic carbocycles. The number of nitrogens with zero attached hydrogens (tertiary/aromatic N) is 3. The lowest BCUT2D eigenvalue weighted by Gasteiger charge is -2.03. The summed E-state index contributed by atoms with van der Waals surface area (Å²) in [5, 5.41) is 12.4. The Labute approximate surface area is 113 Å². The molecule has 100 valence electrons. The second-order valence-corrected chi connectivity index (χ2v) is 4.68. The largest absolute Gasteiger partial charge is 0.286 e. The van der Waals surface area contributed by atoms with Crippen molar-refractivity contribution in [3.63, 3.8) is 0 Å². The van der Waals surface area contributed by atoms with E-state index in [-0.39, 0.29) is 11.6 Å². The number of rotatable bonds is 1. The van der Waals surface area contributed by atoms with Gasteiger partial charge in [0.15, 0.2) is 0 Å². The van der Waals surface area contributed by atoms with Gasteiger partial charge >= 0.3 is 0 Å². The van der Waals surface area contributed by atoms with E-state index < -0.39 is 4.92 Å². The van der Waals surface area contributed by atoms with Crippen molar-refractivity contribution in [1.82, 2.24) is 9.55 Å². The number of carbonyl (C=O) groups excluding carboxylic acids is 1. The fraction of sp³-hybridized carbons (Fsp3) is 0.143. The first-order valence-electron chi connectivity index (χ1n) is 6.05. The van der Waals surface area contributed by atoms with Gasteiger partial charge in [0.25, 0.3) is 5.69 Å². The standard InChI is InChI=1S/C14H11N3O3/c1-8-7-16(9(2)18)14-11-4-3-10(17(19)20)5-13(11)15-6-12(8)14/h3-7H,1-2H3. The Morgan fingerprint density at radius 1 is 1.35 bits per heavy atom. The lowest BCUT2D eigenvalue weighted by molar-refractivity contribution is -0.384. The number of hydrogen-bond acceptors (Lipinski definition) is 4. The summed E-state index contributed by atoms with van der Waals surface area (Å²) in [7, 11) is 0. The molecule has 0 atom stereocenters. The minimum Gasteiger partial charge on any atom is -0.286 e. The van der Waals surface area contributed by atoms with Gasteiger partial charge in [0.05, 0.1) is 16.0 Å². The number of fused-ring (bicyclic) bond motifs is 3. The van der Waals surface area contributed by atoms with Gasteiger partial charge in [-0.15, -0.1) is 0 Å². The van der Waals surface area contributed by atoms with E-state index in [0.29, 0.717) is 5.52 Å². The second kappa shape index (κ2) is 4.12. The average molecular weight is 269 g/mol. The molecule has 20 heavy (non-hydrogen) atoms. The smallest absolute Gasteiger partial charge is 0.271 e. The number of non-ortho nitro benzene ring substituents is 1. The molecule has 0 fully saturated rings. The maximum Gasteiger partial charge on any atom is 0.271 e. The molecule has 0 bridgehead atoms. The molecular weight excluding hydrogens is 258 g/mol. The zero-order valence-corrected chi connectivity index (χ0v) is 11.0. The first kappa shape index (κ1) is 12.3. The van der Waals surface area contributed by atoms with Gasteiger partial charge in [-0.3, -0.25) is 24.5 Å². The normalized spacial score (nSPS) is 11.1. The van der Waals surface area contributed by atoms with Gasteiger partial charge in [0.2, 0.25) is 5.91 Å². The lowest BCUT2D eigenvalue weighted by Crippen LogP contribution is -2.03. The van der Waals surface area contributed by atoms with Crippen LogP contribution in [0.25, 0.3) is 21.8 Å².